The first-order chi connectivity index (χ1) is 18.9. The molecule has 4 aromatic carbocycles. The van der Waals surface area contributed by atoms with Crippen LogP contribution in [0.5, 0.6) is 17.2 Å². The van der Waals surface area contributed by atoms with Crippen LogP contribution in [0.4, 0.5) is 0 Å². The smallest absolute Gasteiger partial charge is 0.315 e. The summed E-state index contributed by atoms with van der Waals surface area (Å²) in [5.74, 6) is 0.479. The van der Waals surface area contributed by atoms with Crippen molar-refractivity contribution < 1.29 is 19.0 Å². The maximum absolute atomic E-state index is 12.5. The molecular weight excluding hydrogens is 535 g/mol. The fourth-order valence-corrected chi connectivity index (χ4v) is 4.63. The highest BCUT2D eigenvalue weighted by Crippen LogP contribution is 2.43. The maximum Gasteiger partial charge on any atom is 0.315 e. The second-order valence-electron chi connectivity index (χ2n) is 8.85. The minimum absolute atomic E-state index is 0.00122. The first-order valence-electron chi connectivity index (χ1n) is 12.0. The zero-order chi connectivity index (χ0) is 27.4. The molecule has 0 saturated carbocycles. The largest absolute Gasteiger partial charge is 0.489 e. The molecule has 8 heteroatoms. The zero-order valence-electron chi connectivity index (χ0n) is 20.6. The molecule has 6 nitrogen and oxygen atoms in total. The summed E-state index contributed by atoms with van der Waals surface area (Å²) in [5, 5.41) is 11.1. The van der Waals surface area contributed by atoms with Crippen molar-refractivity contribution in [1.29, 1.82) is 5.26 Å². The Morgan fingerprint density at radius 2 is 1.67 bits per heavy atom. The Kier molecular flexibility index (Phi) is 7.74. The summed E-state index contributed by atoms with van der Waals surface area (Å²) in [5.41, 5.74) is 9.64. The number of allylic oxidation sites excluding steroid dienone is 1. The van der Waals surface area contributed by atoms with Gasteiger partial charge in [0, 0.05) is 27.2 Å². The third-order valence-electron chi connectivity index (χ3n) is 6.25. The number of esters is 1. The number of carbonyl (C=O) groups is 1. The van der Waals surface area contributed by atoms with Crippen LogP contribution in [-0.4, -0.2) is 5.97 Å². The van der Waals surface area contributed by atoms with Gasteiger partial charge < -0.3 is 19.9 Å². The van der Waals surface area contributed by atoms with Crippen LogP contribution in [0.1, 0.15) is 28.2 Å². The van der Waals surface area contributed by atoms with Gasteiger partial charge in [-0.15, -0.1) is 0 Å². The van der Waals surface area contributed by atoms with Crippen molar-refractivity contribution in [2.75, 3.05) is 0 Å². The van der Waals surface area contributed by atoms with Crippen LogP contribution in [-0.2, 0) is 17.8 Å². The minimum Gasteiger partial charge on any atom is -0.489 e. The molecule has 0 aromatic heterocycles. The lowest BCUT2D eigenvalue weighted by molar-refractivity contribution is -0.133. The standard InChI is InChI=1S/C31H22Cl2N2O4/c32-22-9-5-19(6-10-22)15-29(36)38-24-13-14-25-28(16-24)39-31(35)26(17-34)30(25)20-7-11-23(12-8-20)37-18-21-3-1-2-4-27(21)33/h1-14,16,30H,15,18,35H2. The second-order valence-corrected chi connectivity index (χ2v) is 9.69. The number of nitriles is 1. The van der Waals surface area contributed by atoms with E-state index in [-0.39, 0.29) is 12.3 Å². The predicted molar refractivity (Wildman–Crippen MR) is 149 cm³/mol. The van der Waals surface area contributed by atoms with Crippen molar-refractivity contribution in [3.63, 3.8) is 0 Å². The van der Waals surface area contributed by atoms with Crippen LogP contribution in [0.2, 0.25) is 10.0 Å². The predicted octanol–water partition coefficient (Wildman–Crippen LogP) is 6.94. The lowest BCUT2D eigenvalue weighted by Crippen LogP contribution is -2.21. The number of halogens is 2. The number of rotatable bonds is 7. The second kappa shape index (κ2) is 11.5. The average molecular weight is 557 g/mol. The summed E-state index contributed by atoms with van der Waals surface area (Å²) in [7, 11) is 0. The van der Waals surface area contributed by atoms with E-state index >= 15 is 0 Å². The third-order valence-corrected chi connectivity index (χ3v) is 6.87. The topological polar surface area (TPSA) is 94.6 Å². The highest BCUT2D eigenvalue weighted by molar-refractivity contribution is 6.31. The number of nitrogens with zero attached hydrogens (tertiary/aromatic N) is 1. The van der Waals surface area contributed by atoms with Gasteiger partial charge in [0.25, 0.3) is 0 Å². The molecule has 1 aliphatic rings. The highest BCUT2D eigenvalue weighted by Gasteiger charge is 2.31. The number of fused-ring (bicyclic) bond motifs is 1. The quantitative estimate of drug-likeness (QED) is 0.196. The molecule has 0 radical (unpaired) electrons. The van der Waals surface area contributed by atoms with E-state index in [1.54, 1.807) is 42.5 Å². The van der Waals surface area contributed by atoms with Crippen molar-refractivity contribution >= 4 is 29.2 Å². The molecular formula is C31H22Cl2N2O4. The third kappa shape index (κ3) is 6.01. The molecule has 5 rings (SSSR count). The van der Waals surface area contributed by atoms with Crippen molar-refractivity contribution in [2.45, 2.75) is 18.9 Å². The molecule has 1 atom stereocenters. The number of hydrogen-bond donors (Lipinski definition) is 1. The van der Waals surface area contributed by atoms with Crippen LogP contribution in [0.25, 0.3) is 0 Å². The van der Waals surface area contributed by atoms with E-state index in [9.17, 15) is 10.1 Å². The number of carbonyl (C=O) groups excluding carboxylic acids is 1. The number of benzene rings is 4. The summed E-state index contributed by atoms with van der Waals surface area (Å²) >= 11 is 12.1. The Balaban J connectivity index is 1.34. The Bertz CT molecular complexity index is 1590. The molecule has 1 aliphatic heterocycles. The van der Waals surface area contributed by atoms with Crippen molar-refractivity contribution in [3.05, 3.63) is 135 Å². The van der Waals surface area contributed by atoms with E-state index in [1.165, 1.54) is 0 Å². The van der Waals surface area contributed by atoms with E-state index in [0.717, 1.165) is 22.3 Å². The minimum atomic E-state index is -0.463. The molecule has 1 unspecified atom stereocenters. The molecule has 39 heavy (non-hydrogen) atoms. The van der Waals surface area contributed by atoms with Gasteiger partial charge in [0.2, 0.25) is 5.88 Å². The van der Waals surface area contributed by atoms with Gasteiger partial charge in [0.05, 0.1) is 12.3 Å². The fraction of sp³-hybridized carbons (Fsp3) is 0.0968. The summed E-state index contributed by atoms with van der Waals surface area (Å²) in [6, 6.07) is 29.1. The summed E-state index contributed by atoms with van der Waals surface area (Å²) in [6.07, 6.45) is 0.0866. The summed E-state index contributed by atoms with van der Waals surface area (Å²) in [6.45, 7) is 0.328. The molecule has 0 fully saturated rings. The molecule has 0 bridgehead atoms. The van der Waals surface area contributed by atoms with E-state index in [2.05, 4.69) is 6.07 Å². The normalized spacial score (nSPS) is 14.1. The highest BCUT2D eigenvalue weighted by atomic mass is 35.5. The van der Waals surface area contributed by atoms with Crippen molar-refractivity contribution in [3.8, 4) is 23.3 Å². The number of nitrogens with two attached hydrogens (primary N) is 1. The lowest BCUT2D eigenvalue weighted by Gasteiger charge is -2.26. The zero-order valence-corrected chi connectivity index (χ0v) is 22.1. The maximum atomic E-state index is 12.5. The summed E-state index contributed by atoms with van der Waals surface area (Å²) < 4.78 is 17.2. The first-order valence-corrected chi connectivity index (χ1v) is 12.8. The van der Waals surface area contributed by atoms with Crippen LogP contribution in [0.3, 0.4) is 0 Å². The van der Waals surface area contributed by atoms with Crippen molar-refractivity contribution in [1.82, 2.24) is 0 Å². The van der Waals surface area contributed by atoms with Crippen LogP contribution in [0, 0.1) is 11.3 Å². The van der Waals surface area contributed by atoms with Gasteiger partial charge >= 0.3 is 5.97 Å². The van der Waals surface area contributed by atoms with Gasteiger partial charge in [-0.05, 0) is 47.5 Å². The molecule has 194 valence electrons. The molecule has 0 amide bonds. The Hall–Kier alpha value is -4.44. The molecule has 1 heterocycles. The number of ether oxygens (including phenoxy) is 3. The summed E-state index contributed by atoms with van der Waals surface area (Å²) in [4.78, 5) is 12.5. The van der Waals surface area contributed by atoms with Crippen LogP contribution >= 0.6 is 23.2 Å². The molecule has 4 aromatic rings. The van der Waals surface area contributed by atoms with Gasteiger partial charge in [-0.1, -0.05) is 71.7 Å². The Morgan fingerprint density at radius 1 is 0.949 bits per heavy atom. The number of hydrogen-bond acceptors (Lipinski definition) is 6. The Morgan fingerprint density at radius 3 is 2.38 bits per heavy atom. The van der Waals surface area contributed by atoms with Crippen molar-refractivity contribution in [2.24, 2.45) is 5.73 Å². The van der Waals surface area contributed by atoms with Gasteiger partial charge in [-0.2, -0.15) is 5.26 Å². The van der Waals surface area contributed by atoms with E-state index in [1.807, 2.05) is 48.5 Å². The molecule has 2 N–H and O–H groups in total. The van der Waals surface area contributed by atoms with Gasteiger partial charge in [0.15, 0.2) is 0 Å². The average Bonchev–Trinajstić information content (AvgIpc) is 2.93. The molecule has 0 saturated heterocycles. The SMILES string of the molecule is N#CC1=C(N)Oc2cc(OC(=O)Cc3ccc(Cl)cc3)ccc2C1c1ccc(OCc2ccccc2Cl)cc1. The van der Waals surface area contributed by atoms with Gasteiger partial charge in [0.1, 0.15) is 35.5 Å². The van der Waals surface area contributed by atoms with Crippen LogP contribution < -0.4 is 19.9 Å². The lowest BCUT2D eigenvalue weighted by atomic mass is 9.83. The first kappa shape index (κ1) is 26.2. The van der Waals surface area contributed by atoms with E-state index in [0.29, 0.717) is 39.5 Å². The Labute approximate surface area is 235 Å². The van der Waals surface area contributed by atoms with Crippen LogP contribution in [0.15, 0.2) is 102 Å². The van der Waals surface area contributed by atoms with Gasteiger partial charge in [-0.25, -0.2) is 0 Å². The fourth-order valence-electron chi connectivity index (χ4n) is 4.31. The van der Waals surface area contributed by atoms with E-state index < -0.39 is 11.9 Å². The molecule has 0 aliphatic carbocycles. The molecule has 0 spiro atoms. The van der Waals surface area contributed by atoms with Gasteiger partial charge in [-0.3, -0.25) is 4.79 Å². The monoisotopic (exact) mass is 556 g/mol. The van der Waals surface area contributed by atoms with E-state index in [4.69, 9.17) is 43.1 Å².